The van der Waals surface area contributed by atoms with Crippen molar-refractivity contribution in [1.29, 1.82) is 0 Å². The number of fused-ring (bicyclic) bond motifs is 2. The van der Waals surface area contributed by atoms with Gasteiger partial charge in [0.25, 0.3) is 5.91 Å². The number of nitrogens with zero attached hydrogens (tertiary/aromatic N) is 1. The highest BCUT2D eigenvalue weighted by Crippen LogP contribution is 2.26. The van der Waals surface area contributed by atoms with E-state index >= 15 is 0 Å². The Labute approximate surface area is 147 Å². The Balaban J connectivity index is 1.56. The van der Waals surface area contributed by atoms with E-state index in [2.05, 4.69) is 26.3 Å². The fraction of sp³-hybridized carbons (Fsp3) is 0.167. The first-order valence-corrected chi connectivity index (χ1v) is 8.45. The van der Waals surface area contributed by atoms with E-state index in [1.807, 2.05) is 49.4 Å². The van der Waals surface area contributed by atoms with Crippen molar-refractivity contribution in [2.45, 2.75) is 13.5 Å². The van der Waals surface area contributed by atoms with E-state index in [4.69, 9.17) is 4.74 Å². The van der Waals surface area contributed by atoms with Gasteiger partial charge in [-0.15, -0.1) is 0 Å². The molecular formula is C18H16BrN3O2. The number of hydrogen-bond acceptors (Lipinski definition) is 3. The molecule has 0 radical (unpaired) electrons. The SMILES string of the molecule is Cc1c(C(=O)NN2COc3ccccc3C2)[nH]c2ccc(Br)cc12. The number of halogens is 1. The summed E-state index contributed by atoms with van der Waals surface area (Å²) in [6.45, 7) is 2.89. The molecule has 6 heteroatoms. The molecule has 122 valence electrons. The summed E-state index contributed by atoms with van der Waals surface area (Å²) in [6.07, 6.45) is 0. The molecule has 2 aromatic carbocycles. The maximum atomic E-state index is 12.6. The molecule has 0 unspecified atom stereocenters. The van der Waals surface area contributed by atoms with Crippen molar-refractivity contribution in [1.82, 2.24) is 15.4 Å². The van der Waals surface area contributed by atoms with E-state index in [0.29, 0.717) is 19.0 Å². The second kappa shape index (κ2) is 5.96. The Morgan fingerprint density at radius 1 is 1.29 bits per heavy atom. The predicted molar refractivity (Wildman–Crippen MR) is 95.7 cm³/mol. The van der Waals surface area contributed by atoms with Gasteiger partial charge in [-0.3, -0.25) is 10.2 Å². The number of carbonyl (C=O) groups excluding carboxylic acids is 1. The zero-order chi connectivity index (χ0) is 16.7. The second-order valence-electron chi connectivity index (χ2n) is 5.83. The van der Waals surface area contributed by atoms with Crippen LogP contribution in [0.4, 0.5) is 0 Å². The van der Waals surface area contributed by atoms with Crippen molar-refractivity contribution < 1.29 is 9.53 Å². The normalized spacial score (nSPS) is 14.2. The minimum Gasteiger partial charge on any atom is -0.476 e. The largest absolute Gasteiger partial charge is 0.476 e. The molecule has 1 amide bonds. The lowest BCUT2D eigenvalue weighted by atomic mass is 10.1. The number of carbonyl (C=O) groups is 1. The minimum atomic E-state index is -0.164. The van der Waals surface area contributed by atoms with Gasteiger partial charge in [-0.05, 0) is 36.8 Å². The molecule has 0 aliphatic carbocycles. The smallest absolute Gasteiger partial charge is 0.282 e. The van der Waals surface area contributed by atoms with Gasteiger partial charge in [-0.1, -0.05) is 34.1 Å². The van der Waals surface area contributed by atoms with Gasteiger partial charge in [0.05, 0.1) is 6.54 Å². The summed E-state index contributed by atoms with van der Waals surface area (Å²) >= 11 is 3.47. The predicted octanol–water partition coefficient (Wildman–Crippen LogP) is 3.74. The molecule has 0 atom stereocenters. The summed E-state index contributed by atoms with van der Waals surface area (Å²) in [5.74, 6) is 0.706. The number of para-hydroxylation sites is 1. The van der Waals surface area contributed by atoms with Crippen molar-refractivity contribution in [3.63, 3.8) is 0 Å². The van der Waals surface area contributed by atoms with Crippen molar-refractivity contribution in [2.24, 2.45) is 0 Å². The molecule has 5 nitrogen and oxygen atoms in total. The molecule has 2 heterocycles. The maximum absolute atomic E-state index is 12.6. The van der Waals surface area contributed by atoms with Crippen LogP contribution in [0.3, 0.4) is 0 Å². The molecule has 0 fully saturated rings. The van der Waals surface area contributed by atoms with Gasteiger partial charge in [0.15, 0.2) is 6.73 Å². The number of nitrogens with one attached hydrogen (secondary N) is 2. The molecule has 1 aliphatic rings. The molecule has 2 N–H and O–H groups in total. The van der Waals surface area contributed by atoms with Crippen LogP contribution in [0.25, 0.3) is 10.9 Å². The van der Waals surface area contributed by atoms with E-state index in [9.17, 15) is 4.79 Å². The third kappa shape index (κ3) is 2.68. The number of hydrazine groups is 1. The number of hydrogen-bond donors (Lipinski definition) is 2. The number of amides is 1. The Morgan fingerprint density at radius 3 is 3.00 bits per heavy atom. The van der Waals surface area contributed by atoms with Crippen molar-refractivity contribution >= 4 is 32.7 Å². The lowest BCUT2D eigenvalue weighted by molar-refractivity contribution is 0.0388. The third-order valence-electron chi connectivity index (χ3n) is 4.22. The van der Waals surface area contributed by atoms with Crippen LogP contribution in [0.15, 0.2) is 46.9 Å². The van der Waals surface area contributed by atoms with Gasteiger partial charge in [-0.2, -0.15) is 5.01 Å². The summed E-state index contributed by atoms with van der Waals surface area (Å²) in [7, 11) is 0. The standard InChI is InChI=1S/C18H16BrN3O2/c1-11-14-8-13(19)6-7-15(14)20-17(11)18(23)21-22-9-12-4-2-3-5-16(12)24-10-22/h2-8,20H,9-10H2,1H3,(H,21,23). The van der Waals surface area contributed by atoms with Gasteiger partial charge in [0, 0.05) is 20.9 Å². The molecular weight excluding hydrogens is 370 g/mol. The van der Waals surface area contributed by atoms with Crippen LogP contribution in [-0.2, 0) is 6.54 Å². The summed E-state index contributed by atoms with van der Waals surface area (Å²) in [4.78, 5) is 15.8. The number of ether oxygens (including phenoxy) is 1. The number of benzene rings is 2. The summed E-state index contributed by atoms with van der Waals surface area (Å²) in [5, 5.41) is 2.81. The van der Waals surface area contributed by atoms with Gasteiger partial charge in [0.2, 0.25) is 0 Å². The van der Waals surface area contributed by atoms with Crippen LogP contribution < -0.4 is 10.2 Å². The molecule has 0 bridgehead atoms. The first-order valence-electron chi connectivity index (χ1n) is 7.66. The van der Waals surface area contributed by atoms with E-state index in [1.165, 1.54) is 0 Å². The van der Waals surface area contributed by atoms with E-state index in [-0.39, 0.29) is 5.91 Å². The molecule has 1 aliphatic heterocycles. The Kier molecular flexibility index (Phi) is 3.78. The van der Waals surface area contributed by atoms with Crippen LogP contribution in [0, 0.1) is 6.92 Å². The molecule has 0 saturated carbocycles. The third-order valence-corrected chi connectivity index (χ3v) is 4.71. The highest BCUT2D eigenvalue weighted by molar-refractivity contribution is 9.10. The Hall–Kier alpha value is -2.31. The highest BCUT2D eigenvalue weighted by Gasteiger charge is 2.21. The van der Waals surface area contributed by atoms with Crippen LogP contribution in [0.5, 0.6) is 5.75 Å². The first kappa shape index (κ1) is 15.2. The van der Waals surface area contributed by atoms with E-state index in [0.717, 1.165) is 32.3 Å². The topological polar surface area (TPSA) is 57.4 Å². The number of aromatic nitrogens is 1. The second-order valence-corrected chi connectivity index (χ2v) is 6.75. The van der Waals surface area contributed by atoms with Crippen molar-refractivity contribution in [3.8, 4) is 5.75 Å². The fourth-order valence-corrected chi connectivity index (χ4v) is 3.33. The number of aromatic amines is 1. The van der Waals surface area contributed by atoms with Crippen LogP contribution >= 0.6 is 15.9 Å². The summed E-state index contributed by atoms with van der Waals surface area (Å²) < 4.78 is 6.66. The van der Waals surface area contributed by atoms with Gasteiger partial charge < -0.3 is 9.72 Å². The first-order chi connectivity index (χ1) is 11.6. The van der Waals surface area contributed by atoms with Gasteiger partial charge in [0.1, 0.15) is 11.4 Å². The molecule has 0 spiro atoms. The molecule has 24 heavy (non-hydrogen) atoms. The molecule has 4 rings (SSSR count). The van der Waals surface area contributed by atoms with E-state index < -0.39 is 0 Å². The Bertz CT molecular complexity index is 935. The van der Waals surface area contributed by atoms with Crippen LogP contribution in [0.2, 0.25) is 0 Å². The summed E-state index contributed by atoms with van der Waals surface area (Å²) in [5.41, 5.74) is 6.42. The lowest BCUT2D eigenvalue weighted by Crippen LogP contribution is -2.46. The molecule has 0 saturated heterocycles. The van der Waals surface area contributed by atoms with Crippen LogP contribution in [-0.4, -0.2) is 22.6 Å². The highest BCUT2D eigenvalue weighted by atomic mass is 79.9. The minimum absolute atomic E-state index is 0.164. The molecule has 3 aromatic rings. The average Bonchev–Trinajstić information content (AvgIpc) is 2.91. The quantitative estimate of drug-likeness (QED) is 0.706. The van der Waals surface area contributed by atoms with E-state index in [1.54, 1.807) is 5.01 Å². The Morgan fingerprint density at radius 2 is 2.12 bits per heavy atom. The summed E-state index contributed by atoms with van der Waals surface area (Å²) in [6, 6.07) is 13.8. The number of aryl methyl sites for hydroxylation is 1. The zero-order valence-electron chi connectivity index (χ0n) is 13.1. The van der Waals surface area contributed by atoms with Crippen molar-refractivity contribution in [3.05, 3.63) is 63.8 Å². The number of rotatable bonds is 2. The van der Waals surface area contributed by atoms with Gasteiger partial charge >= 0.3 is 0 Å². The monoisotopic (exact) mass is 385 g/mol. The zero-order valence-corrected chi connectivity index (χ0v) is 14.7. The van der Waals surface area contributed by atoms with Crippen LogP contribution in [0.1, 0.15) is 21.6 Å². The van der Waals surface area contributed by atoms with Gasteiger partial charge in [-0.25, -0.2) is 0 Å². The maximum Gasteiger partial charge on any atom is 0.282 e. The average molecular weight is 386 g/mol. The lowest BCUT2D eigenvalue weighted by Gasteiger charge is -2.28. The number of H-pyrrole nitrogens is 1. The van der Waals surface area contributed by atoms with Crippen molar-refractivity contribution in [2.75, 3.05) is 6.73 Å². The fourth-order valence-electron chi connectivity index (χ4n) is 2.97. The molecule has 1 aromatic heterocycles.